The normalized spacial score (nSPS) is 12.8. The van der Waals surface area contributed by atoms with Crippen LogP contribution in [0.3, 0.4) is 0 Å². The Balaban J connectivity index is 1.58. The quantitative estimate of drug-likeness (QED) is 0.141. The second kappa shape index (κ2) is 13.9. The SMILES string of the molecule is CCN(Cc1ccccc1)c1ccc(C(=C2C=CC(=[N+](CC)Cc3ccccc3)C=C2)c2cc(O)c(S(=O)(=O)O)cc2C)cc1. The van der Waals surface area contributed by atoms with Crippen LogP contribution in [-0.2, 0) is 23.2 Å². The minimum Gasteiger partial charge on any atom is -0.506 e. The molecular formula is C38H39N2O4S+. The van der Waals surface area contributed by atoms with Crippen molar-refractivity contribution in [3.8, 4) is 5.75 Å². The smallest absolute Gasteiger partial charge is 0.298 e. The fraction of sp³-hybridized carbons (Fsp3) is 0.184. The van der Waals surface area contributed by atoms with Crippen LogP contribution in [0.25, 0.3) is 5.57 Å². The Labute approximate surface area is 266 Å². The van der Waals surface area contributed by atoms with E-state index in [0.717, 1.165) is 54.3 Å². The summed E-state index contributed by atoms with van der Waals surface area (Å²) in [6.07, 6.45) is 8.31. The van der Waals surface area contributed by atoms with Crippen molar-refractivity contribution < 1.29 is 22.7 Å². The van der Waals surface area contributed by atoms with Crippen LogP contribution in [0.4, 0.5) is 5.69 Å². The second-order valence-electron chi connectivity index (χ2n) is 11.1. The molecule has 2 N–H and O–H groups in total. The molecule has 4 aromatic carbocycles. The molecule has 0 aliphatic heterocycles. The predicted molar refractivity (Wildman–Crippen MR) is 183 cm³/mol. The molecule has 0 aromatic heterocycles. The number of anilines is 1. The Kier molecular flexibility index (Phi) is 9.81. The minimum absolute atomic E-state index is 0.496. The lowest BCUT2D eigenvalue weighted by atomic mass is 9.88. The number of benzene rings is 4. The lowest BCUT2D eigenvalue weighted by Gasteiger charge is -2.24. The Hall–Kier alpha value is -4.72. The van der Waals surface area contributed by atoms with E-state index >= 15 is 0 Å². The van der Waals surface area contributed by atoms with Gasteiger partial charge in [-0.2, -0.15) is 8.42 Å². The number of hydrogen-bond donors (Lipinski definition) is 2. The van der Waals surface area contributed by atoms with Gasteiger partial charge in [0.2, 0.25) is 0 Å². The Bertz CT molecular complexity index is 1870. The minimum atomic E-state index is -4.59. The number of rotatable bonds is 10. The highest BCUT2D eigenvalue weighted by atomic mass is 32.2. The van der Waals surface area contributed by atoms with Gasteiger partial charge in [-0.1, -0.05) is 72.8 Å². The molecule has 0 fully saturated rings. The number of phenols is 1. The van der Waals surface area contributed by atoms with Crippen molar-refractivity contribution in [2.75, 3.05) is 18.0 Å². The van der Waals surface area contributed by atoms with E-state index in [2.05, 4.69) is 96.2 Å². The number of nitrogens with zero attached hydrogens (tertiary/aromatic N) is 2. The molecule has 0 saturated heterocycles. The van der Waals surface area contributed by atoms with Crippen LogP contribution < -0.4 is 4.90 Å². The van der Waals surface area contributed by atoms with Gasteiger partial charge in [0.15, 0.2) is 12.3 Å². The first-order chi connectivity index (χ1) is 21.7. The summed E-state index contributed by atoms with van der Waals surface area (Å²) in [5.74, 6) is -0.496. The summed E-state index contributed by atoms with van der Waals surface area (Å²) in [7, 11) is -4.59. The highest BCUT2D eigenvalue weighted by Gasteiger charge is 2.22. The maximum Gasteiger partial charge on any atom is 0.298 e. The van der Waals surface area contributed by atoms with Crippen LogP contribution in [0.2, 0.25) is 0 Å². The van der Waals surface area contributed by atoms with Crippen LogP contribution in [0, 0.1) is 6.92 Å². The molecule has 5 rings (SSSR count). The molecule has 0 amide bonds. The zero-order valence-corrected chi connectivity index (χ0v) is 26.7. The van der Waals surface area contributed by atoms with Gasteiger partial charge in [0, 0.05) is 36.5 Å². The van der Waals surface area contributed by atoms with E-state index in [0.29, 0.717) is 11.1 Å². The third kappa shape index (κ3) is 7.51. The molecular weight excluding hydrogens is 580 g/mol. The number of aryl methyl sites for hydroxylation is 1. The molecule has 4 aromatic rings. The summed E-state index contributed by atoms with van der Waals surface area (Å²) < 4.78 is 35.8. The Morgan fingerprint density at radius 1 is 0.800 bits per heavy atom. The zero-order valence-electron chi connectivity index (χ0n) is 25.9. The van der Waals surface area contributed by atoms with E-state index in [-0.39, 0.29) is 0 Å². The van der Waals surface area contributed by atoms with Gasteiger partial charge in [-0.3, -0.25) is 4.55 Å². The van der Waals surface area contributed by atoms with Crippen molar-refractivity contribution in [1.29, 1.82) is 0 Å². The summed E-state index contributed by atoms with van der Waals surface area (Å²) in [6, 6.07) is 31.8. The fourth-order valence-corrected chi connectivity index (χ4v) is 6.33. The molecule has 0 spiro atoms. The van der Waals surface area contributed by atoms with Gasteiger partial charge in [0.25, 0.3) is 10.1 Å². The van der Waals surface area contributed by atoms with Crippen molar-refractivity contribution in [3.63, 3.8) is 0 Å². The van der Waals surface area contributed by atoms with Gasteiger partial charge in [0.1, 0.15) is 17.2 Å². The van der Waals surface area contributed by atoms with Gasteiger partial charge in [0.05, 0.1) is 0 Å². The summed E-state index contributed by atoms with van der Waals surface area (Å²) in [5.41, 5.74) is 8.60. The lowest BCUT2D eigenvalue weighted by Crippen LogP contribution is -2.21. The van der Waals surface area contributed by atoms with E-state index < -0.39 is 20.8 Å². The molecule has 6 nitrogen and oxygen atoms in total. The van der Waals surface area contributed by atoms with Gasteiger partial charge in [-0.25, -0.2) is 4.58 Å². The first kappa shape index (κ1) is 31.7. The highest BCUT2D eigenvalue weighted by molar-refractivity contribution is 7.86. The zero-order chi connectivity index (χ0) is 32.0. The lowest BCUT2D eigenvalue weighted by molar-refractivity contribution is -0.539. The van der Waals surface area contributed by atoms with Crippen molar-refractivity contribution in [2.45, 2.75) is 38.8 Å². The van der Waals surface area contributed by atoms with Crippen LogP contribution in [0.15, 0.2) is 132 Å². The fourth-order valence-electron chi connectivity index (χ4n) is 5.68. The summed E-state index contributed by atoms with van der Waals surface area (Å²) in [4.78, 5) is 1.80. The summed E-state index contributed by atoms with van der Waals surface area (Å²) >= 11 is 0. The maximum atomic E-state index is 11.9. The average Bonchev–Trinajstić information content (AvgIpc) is 3.05. The van der Waals surface area contributed by atoms with E-state index in [1.54, 1.807) is 6.92 Å². The standard InChI is InChI=1S/C38H38N2O4S/c1-4-39(26-29-12-8-6-9-13-29)33-20-16-31(17-21-33)38(35-25-36(41)37(24-28(35)3)45(42,43)44)32-18-22-34(23-19-32)40(5-2)27-30-14-10-7-11-15-30/h6-25H,4-5,26-27H2,1-3H3,(H-,41,42,43,44)/p+1. The Morgan fingerprint density at radius 2 is 1.40 bits per heavy atom. The molecule has 230 valence electrons. The first-order valence-electron chi connectivity index (χ1n) is 15.1. The van der Waals surface area contributed by atoms with Crippen molar-refractivity contribution in [1.82, 2.24) is 0 Å². The largest absolute Gasteiger partial charge is 0.506 e. The molecule has 0 radical (unpaired) electrons. The van der Waals surface area contributed by atoms with Gasteiger partial charge >= 0.3 is 0 Å². The molecule has 0 saturated carbocycles. The number of phenolic OH excluding ortho intramolecular Hbond substituents is 1. The second-order valence-corrected chi connectivity index (χ2v) is 12.5. The monoisotopic (exact) mass is 619 g/mol. The van der Waals surface area contributed by atoms with Gasteiger partial charge in [-0.05, 0) is 90.6 Å². The van der Waals surface area contributed by atoms with Crippen molar-refractivity contribution in [3.05, 3.63) is 155 Å². The maximum absolute atomic E-state index is 11.9. The summed E-state index contributed by atoms with van der Waals surface area (Å²) in [6.45, 7) is 9.31. The topological polar surface area (TPSA) is 80.8 Å². The molecule has 0 atom stereocenters. The molecule has 1 aliphatic rings. The summed E-state index contributed by atoms with van der Waals surface area (Å²) in [5, 5.41) is 10.7. The molecule has 0 heterocycles. The van der Waals surface area contributed by atoms with Crippen LogP contribution in [0.5, 0.6) is 5.75 Å². The molecule has 45 heavy (non-hydrogen) atoms. The first-order valence-corrected chi connectivity index (χ1v) is 16.6. The number of hydrogen-bond acceptors (Lipinski definition) is 4. The molecule has 0 unspecified atom stereocenters. The van der Waals surface area contributed by atoms with Crippen LogP contribution >= 0.6 is 0 Å². The number of allylic oxidation sites excluding steroid dienone is 5. The van der Waals surface area contributed by atoms with Gasteiger partial charge < -0.3 is 10.0 Å². The van der Waals surface area contributed by atoms with Crippen molar-refractivity contribution in [2.24, 2.45) is 0 Å². The van der Waals surface area contributed by atoms with Crippen molar-refractivity contribution >= 4 is 27.1 Å². The van der Waals surface area contributed by atoms with E-state index in [1.807, 2.05) is 36.4 Å². The van der Waals surface area contributed by atoms with E-state index in [1.165, 1.54) is 23.3 Å². The van der Waals surface area contributed by atoms with Crippen LogP contribution in [0.1, 0.15) is 41.7 Å². The Morgan fingerprint density at radius 3 is 1.96 bits per heavy atom. The average molecular weight is 620 g/mol. The predicted octanol–water partition coefficient (Wildman–Crippen LogP) is 7.58. The van der Waals surface area contributed by atoms with Crippen LogP contribution in [-0.4, -0.2) is 41.5 Å². The number of aromatic hydroxyl groups is 1. The van der Waals surface area contributed by atoms with Gasteiger partial charge in [-0.15, -0.1) is 0 Å². The highest BCUT2D eigenvalue weighted by Crippen LogP contribution is 2.37. The molecule has 0 bridgehead atoms. The molecule has 7 heteroatoms. The third-order valence-electron chi connectivity index (χ3n) is 8.09. The third-order valence-corrected chi connectivity index (χ3v) is 8.97. The molecule has 1 aliphatic carbocycles. The van der Waals surface area contributed by atoms with E-state index in [4.69, 9.17) is 0 Å². The van der Waals surface area contributed by atoms with E-state index in [9.17, 15) is 18.1 Å².